The third-order valence-corrected chi connectivity index (χ3v) is 2.25. The van der Waals surface area contributed by atoms with Crippen molar-refractivity contribution >= 4 is 5.82 Å². The highest BCUT2D eigenvalue weighted by Gasteiger charge is 2.32. The van der Waals surface area contributed by atoms with E-state index in [-0.39, 0.29) is 6.04 Å². The zero-order valence-electron chi connectivity index (χ0n) is 9.70. The standard InChI is InChI=1S/C10H15F3N4/c1-7(14)5-6-17(2)9-4-3-8(15-16-9)10(11,12)13/h3-4,7H,5-6,14H2,1-2H3. The monoisotopic (exact) mass is 248 g/mol. The maximum Gasteiger partial charge on any atom is 0.435 e. The summed E-state index contributed by atoms with van der Waals surface area (Å²) in [5.41, 5.74) is 4.60. The average molecular weight is 248 g/mol. The molecule has 0 bridgehead atoms. The van der Waals surface area contributed by atoms with Crippen LogP contribution in [0.3, 0.4) is 0 Å². The molecule has 1 unspecified atom stereocenters. The first-order chi connectivity index (χ1) is 7.80. The fourth-order valence-corrected chi connectivity index (χ4v) is 1.19. The second-order valence-corrected chi connectivity index (χ2v) is 3.96. The smallest absolute Gasteiger partial charge is 0.358 e. The summed E-state index contributed by atoms with van der Waals surface area (Å²) in [7, 11) is 1.74. The Morgan fingerprint density at radius 3 is 2.41 bits per heavy atom. The largest absolute Gasteiger partial charge is 0.435 e. The van der Waals surface area contributed by atoms with Gasteiger partial charge >= 0.3 is 6.18 Å². The van der Waals surface area contributed by atoms with E-state index in [1.165, 1.54) is 6.07 Å². The summed E-state index contributed by atoms with van der Waals surface area (Å²) < 4.78 is 36.7. The van der Waals surface area contributed by atoms with Gasteiger partial charge in [0, 0.05) is 19.6 Å². The van der Waals surface area contributed by atoms with Crippen LogP contribution < -0.4 is 10.6 Å². The summed E-state index contributed by atoms with van der Waals surface area (Å²) in [6.45, 7) is 2.49. The molecule has 0 aliphatic heterocycles. The SMILES string of the molecule is CC(N)CCN(C)c1ccc(C(F)(F)F)nn1. The van der Waals surface area contributed by atoms with Crippen molar-refractivity contribution in [2.75, 3.05) is 18.5 Å². The molecule has 0 spiro atoms. The molecule has 1 heterocycles. The van der Waals surface area contributed by atoms with Crippen molar-refractivity contribution in [3.63, 3.8) is 0 Å². The third-order valence-electron chi connectivity index (χ3n) is 2.25. The van der Waals surface area contributed by atoms with Gasteiger partial charge in [-0.2, -0.15) is 13.2 Å². The van der Waals surface area contributed by atoms with Gasteiger partial charge in [0.25, 0.3) is 0 Å². The minimum atomic E-state index is -4.45. The fraction of sp³-hybridized carbons (Fsp3) is 0.600. The molecule has 0 saturated heterocycles. The molecule has 1 rings (SSSR count). The average Bonchev–Trinajstić information content (AvgIpc) is 2.25. The molecule has 1 aromatic rings. The van der Waals surface area contributed by atoms with E-state index in [1.807, 2.05) is 6.92 Å². The van der Waals surface area contributed by atoms with Crippen molar-refractivity contribution in [1.29, 1.82) is 0 Å². The number of aromatic nitrogens is 2. The number of rotatable bonds is 4. The van der Waals surface area contributed by atoms with Gasteiger partial charge in [-0.15, -0.1) is 10.2 Å². The van der Waals surface area contributed by atoms with Crippen molar-refractivity contribution in [3.05, 3.63) is 17.8 Å². The van der Waals surface area contributed by atoms with Crippen molar-refractivity contribution in [2.24, 2.45) is 5.73 Å². The molecular weight excluding hydrogens is 233 g/mol. The Morgan fingerprint density at radius 1 is 1.35 bits per heavy atom. The van der Waals surface area contributed by atoms with Gasteiger partial charge < -0.3 is 10.6 Å². The predicted octanol–water partition coefficient (Wildman–Crippen LogP) is 1.67. The van der Waals surface area contributed by atoms with E-state index in [4.69, 9.17) is 5.73 Å². The Balaban J connectivity index is 2.67. The summed E-state index contributed by atoms with van der Waals surface area (Å²) in [4.78, 5) is 1.72. The van der Waals surface area contributed by atoms with Gasteiger partial charge in [0.2, 0.25) is 0 Å². The topological polar surface area (TPSA) is 55.0 Å². The van der Waals surface area contributed by atoms with Crippen LogP contribution in [0.4, 0.5) is 19.0 Å². The highest BCUT2D eigenvalue weighted by Crippen LogP contribution is 2.27. The summed E-state index contributed by atoms with van der Waals surface area (Å²) >= 11 is 0. The number of nitrogens with zero attached hydrogens (tertiary/aromatic N) is 3. The lowest BCUT2D eigenvalue weighted by Crippen LogP contribution is -2.26. The predicted molar refractivity (Wildman–Crippen MR) is 58.6 cm³/mol. The Labute approximate surface area is 97.6 Å². The van der Waals surface area contributed by atoms with Crippen molar-refractivity contribution in [2.45, 2.75) is 25.6 Å². The molecule has 1 aromatic heterocycles. The number of nitrogens with two attached hydrogens (primary N) is 1. The molecule has 0 radical (unpaired) electrons. The number of hydrogen-bond donors (Lipinski definition) is 1. The van der Waals surface area contributed by atoms with Crippen molar-refractivity contribution < 1.29 is 13.2 Å². The summed E-state index contributed by atoms with van der Waals surface area (Å²) in [6.07, 6.45) is -3.71. The molecule has 96 valence electrons. The van der Waals surface area contributed by atoms with E-state index >= 15 is 0 Å². The van der Waals surface area contributed by atoms with Crippen molar-refractivity contribution in [3.8, 4) is 0 Å². The molecule has 0 aliphatic carbocycles. The Hall–Kier alpha value is -1.37. The normalized spacial score (nSPS) is 13.5. The number of halogens is 3. The summed E-state index contributed by atoms with van der Waals surface area (Å²) in [6, 6.07) is 2.27. The van der Waals surface area contributed by atoms with Crippen LogP contribution in [0.2, 0.25) is 0 Å². The van der Waals surface area contributed by atoms with Gasteiger partial charge in [0.15, 0.2) is 11.5 Å². The summed E-state index contributed by atoms with van der Waals surface area (Å²) in [5, 5.41) is 6.69. The summed E-state index contributed by atoms with van der Waals surface area (Å²) in [5.74, 6) is 0.402. The molecule has 2 N–H and O–H groups in total. The Morgan fingerprint density at radius 2 is 2.00 bits per heavy atom. The minimum absolute atomic E-state index is 0.0415. The fourth-order valence-electron chi connectivity index (χ4n) is 1.19. The Bertz CT molecular complexity index is 348. The molecule has 7 heteroatoms. The van der Waals surface area contributed by atoms with Crippen molar-refractivity contribution in [1.82, 2.24) is 10.2 Å². The van der Waals surface area contributed by atoms with Crippen LogP contribution in [0.5, 0.6) is 0 Å². The molecule has 1 atom stereocenters. The van der Waals surface area contributed by atoms with E-state index in [9.17, 15) is 13.2 Å². The van der Waals surface area contributed by atoms with Gasteiger partial charge in [0.05, 0.1) is 0 Å². The molecule has 0 aromatic carbocycles. The minimum Gasteiger partial charge on any atom is -0.358 e. The maximum absolute atomic E-state index is 12.2. The van der Waals surface area contributed by atoms with Crippen LogP contribution in [0.25, 0.3) is 0 Å². The quantitative estimate of drug-likeness (QED) is 0.880. The molecule has 4 nitrogen and oxygen atoms in total. The number of hydrogen-bond acceptors (Lipinski definition) is 4. The molecular formula is C10H15F3N4. The lowest BCUT2D eigenvalue weighted by molar-refractivity contribution is -0.141. The third kappa shape index (κ3) is 4.18. The Kier molecular flexibility index (Phi) is 4.28. The lowest BCUT2D eigenvalue weighted by atomic mass is 10.2. The number of anilines is 1. The van der Waals surface area contributed by atoms with Crippen LogP contribution in [-0.2, 0) is 6.18 Å². The van der Waals surface area contributed by atoms with Crippen LogP contribution in [0, 0.1) is 0 Å². The molecule has 17 heavy (non-hydrogen) atoms. The van der Waals surface area contributed by atoms with Gasteiger partial charge in [-0.25, -0.2) is 0 Å². The number of alkyl halides is 3. The van der Waals surface area contributed by atoms with Gasteiger partial charge in [-0.05, 0) is 25.5 Å². The van der Waals surface area contributed by atoms with Gasteiger partial charge in [0.1, 0.15) is 0 Å². The van der Waals surface area contributed by atoms with E-state index in [0.717, 1.165) is 12.5 Å². The van der Waals surface area contributed by atoms with E-state index < -0.39 is 11.9 Å². The van der Waals surface area contributed by atoms with Gasteiger partial charge in [-0.3, -0.25) is 0 Å². The molecule has 0 saturated carbocycles. The van der Waals surface area contributed by atoms with E-state index in [2.05, 4.69) is 10.2 Å². The highest BCUT2D eigenvalue weighted by atomic mass is 19.4. The van der Waals surface area contributed by atoms with Crippen LogP contribution in [0.15, 0.2) is 12.1 Å². The van der Waals surface area contributed by atoms with Crippen LogP contribution >= 0.6 is 0 Å². The van der Waals surface area contributed by atoms with E-state index in [1.54, 1.807) is 11.9 Å². The second kappa shape index (κ2) is 5.31. The van der Waals surface area contributed by atoms with Crippen LogP contribution in [0.1, 0.15) is 19.0 Å². The first-order valence-electron chi connectivity index (χ1n) is 5.18. The first kappa shape index (κ1) is 13.7. The van der Waals surface area contributed by atoms with Gasteiger partial charge in [-0.1, -0.05) is 0 Å². The zero-order chi connectivity index (χ0) is 13.1. The maximum atomic E-state index is 12.2. The van der Waals surface area contributed by atoms with Crippen LogP contribution in [-0.4, -0.2) is 29.8 Å². The van der Waals surface area contributed by atoms with E-state index in [0.29, 0.717) is 12.4 Å². The molecule has 0 fully saturated rings. The first-order valence-corrected chi connectivity index (χ1v) is 5.18. The molecule has 0 amide bonds. The molecule has 0 aliphatic rings. The zero-order valence-corrected chi connectivity index (χ0v) is 9.70. The second-order valence-electron chi connectivity index (χ2n) is 3.96. The lowest BCUT2D eigenvalue weighted by Gasteiger charge is -2.18. The highest BCUT2D eigenvalue weighted by molar-refractivity contribution is 5.36.